The van der Waals surface area contributed by atoms with E-state index in [0.29, 0.717) is 4.57 Å². The first-order valence-corrected chi connectivity index (χ1v) is 35.8. The highest BCUT2D eigenvalue weighted by Crippen LogP contribution is 2.66. The van der Waals surface area contributed by atoms with Gasteiger partial charge < -0.3 is 95.9 Å². The third kappa shape index (κ3) is 15.5. The molecule has 11 rings (SSSR count). The van der Waals surface area contributed by atoms with Crippen molar-refractivity contribution < 1.29 is 146 Å². The Bertz CT molecular complexity index is 4700. The summed E-state index contributed by atoms with van der Waals surface area (Å²) in [6.07, 6.45) is -28.6. The molecule has 532 valence electrons. The molecule has 7 aromatic heterocycles. The predicted octanol–water partition coefficient (Wildman–Crippen LogP) is -6.37. The second-order valence-corrected chi connectivity index (χ2v) is 29.4. The number of H-pyrrole nitrogens is 3. The summed E-state index contributed by atoms with van der Waals surface area (Å²) in [5.74, 6) is -1.22. The number of aliphatic hydroxyl groups is 5. The van der Waals surface area contributed by atoms with E-state index in [-0.39, 0.29) is 22.6 Å². The average molecular weight is 1500 g/mol. The second kappa shape index (κ2) is 27.0. The third-order valence-electron chi connectivity index (χ3n) is 14.3. The molecule has 21 atom stereocenters. The first-order valence-electron chi connectivity index (χ1n) is 26.7. The van der Waals surface area contributed by atoms with Crippen molar-refractivity contribution >= 4 is 98.1 Å². The summed E-state index contributed by atoms with van der Waals surface area (Å²) >= 11 is 0. The van der Waals surface area contributed by atoms with Gasteiger partial charge in [-0.3, -0.25) is 79.3 Å². The number of hydrogen-bond donors (Lipinski definition) is 18. The van der Waals surface area contributed by atoms with Gasteiger partial charge in [-0.1, -0.05) is 0 Å². The largest absolute Gasteiger partial charge is 0.490 e. The van der Waals surface area contributed by atoms with Crippen molar-refractivity contribution in [3.63, 3.8) is 0 Å². The number of aromatic nitrogens is 14. The van der Waals surface area contributed by atoms with Gasteiger partial charge in [0.15, 0.2) is 58.7 Å². The van der Waals surface area contributed by atoms with Crippen LogP contribution in [-0.2, 0) is 86.6 Å². The Morgan fingerprint density at radius 3 is 1.28 bits per heavy atom. The normalized spacial score (nSPS) is 31.0. The van der Waals surface area contributed by atoms with Gasteiger partial charge in [-0.25, -0.2) is 57.1 Å². The number of phosphoric ester groups is 4. The predicted molar refractivity (Wildman–Crippen MR) is 304 cm³/mol. The number of aromatic amines is 3. The Balaban J connectivity index is 0.836. The Hall–Kier alpha value is -6.29. The zero-order valence-electron chi connectivity index (χ0n) is 47.6. The molecule has 4 aliphatic heterocycles. The van der Waals surface area contributed by atoms with Crippen LogP contribution >= 0.6 is 46.9 Å². The summed E-state index contributed by atoms with van der Waals surface area (Å²) in [5.41, 5.74) is 11.7. The van der Waals surface area contributed by atoms with Gasteiger partial charge in [-0.2, -0.15) is 18.6 Å². The molecule has 0 spiro atoms. The van der Waals surface area contributed by atoms with Crippen LogP contribution in [0.25, 0.3) is 33.5 Å². The van der Waals surface area contributed by atoms with Gasteiger partial charge in [0.25, 0.3) is 16.7 Å². The molecule has 0 bridgehead atoms. The van der Waals surface area contributed by atoms with Crippen molar-refractivity contribution in [1.29, 1.82) is 0 Å². The Morgan fingerprint density at radius 1 is 0.454 bits per heavy atom. The van der Waals surface area contributed by atoms with Crippen LogP contribution < -0.4 is 39.6 Å². The minimum absolute atomic E-state index is 0.105. The molecule has 0 saturated carbocycles. The van der Waals surface area contributed by atoms with Crippen LogP contribution in [0, 0.1) is 0 Å². The minimum atomic E-state index is -6.16. The van der Waals surface area contributed by atoms with E-state index in [1.807, 2.05) is 4.98 Å². The number of fused-ring (bicyclic) bond motifs is 3. The van der Waals surface area contributed by atoms with Crippen molar-refractivity contribution in [1.82, 2.24) is 68.1 Å². The quantitative estimate of drug-likeness (QED) is 0.0224. The fourth-order valence-corrected chi connectivity index (χ4v) is 16.1. The van der Waals surface area contributed by atoms with Gasteiger partial charge >= 0.3 is 52.6 Å². The van der Waals surface area contributed by atoms with Crippen molar-refractivity contribution in [2.24, 2.45) is 0 Å². The fourth-order valence-electron chi connectivity index (χ4n) is 10.2. The maximum absolute atomic E-state index is 14.2. The number of hydrogen-bond acceptors (Lipinski definition) is 38. The summed E-state index contributed by atoms with van der Waals surface area (Å²) in [6.45, 7) is -5.39. The SMILES string of the molecule is Nc1nc2c(ncn2[C@@H]2O[C@H](COP(=O)(O)O[C@H]3[C@@H](O)[C@H](n4cnc5c(N)ncnc54)O[C@@H]3COP(=O)(O)O[C@H]3[C@@H](O)[C@H](n4cnc5c(=O)[nH]c(N)nc54)O[C@@H]3COP(=O)(O)OP(=O)(O)OP(=O)(O)O)[C@@H](OP(=O)(O)OC[C@H]3O[C@@H](n4ccc(=O)[nH]c4=O)[C@H](O)[C@@H]3O)[C@H]2O)c(=O)[nH]1. The van der Waals surface area contributed by atoms with Gasteiger partial charge in [-0.05, 0) is 0 Å². The fraction of sp³-hybridized carbons (Fsp3) is 0.513. The molecule has 58 heteroatoms. The van der Waals surface area contributed by atoms with Gasteiger partial charge in [0.2, 0.25) is 11.9 Å². The summed E-state index contributed by atoms with van der Waals surface area (Å²) in [6, 6.07) is 0.878. The number of nitrogens with zero attached hydrogens (tertiary/aromatic N) is 11. The number of nitrogens with one attached hydrogen (secondary N) is 3. The summed E-state index contributed by atoms with van der Waals surface area (Å²) in [7, 11) is -35.6. The van der Waals surface area contributed by atoms with Gasteiger partial charge in [-0.15, -0.1) is 0 Å². The number of ether oxygens (including phenoxy) is 4. The van der Waals surface area contributed by atoms with Gasteiger partial charge in [0, 0.05) is 12.3 Å². The highest BCUT2D eigenvalue weighted by atomic mass is 31.3. The number of nitrogens with two attached hydrogens (primary N) is 3. The van der Waals surface area contributed by atoms with E-state index in [9.17, 15) is 96.6 Å². The van der Waals surface area contributed by atoms with E-state index in [0.717, 1.165) is 51.3 Å². The number of rotatable bonds is 26. The van der Waals surface area contributed by atoms with Gasteiger partial charge in [0.05, 0.1) is 45.4 Å². The molecule has 4 saturated heterocycles. The van der Waals surface area contributed by atoms with Gasteiger partial charge in [0.1, 0.15) is 85.1 Å². The first kappa shape index (κ1) is 72.0. The highest BCUT2D eigenvalue weighted by Gasteiger charge is 2.56. The van der Waals surface area contributed by atoms with Crippen LogP contribution in [0.1, 0.15) is 24.9 Å². The van der Waals surface area contributed by atoms with E-state index >= 15 is 0 Å². The average Bonchev–Trinajstić information content (AvgIpc) is 1.63. The molecule has 21 N–H and O–H groups in total. The van der Waals surface area contributed by atoms with E-state index in [1.165, 1.54) is 0 Å². The molecule has 0 aliphatic carbocycles. The molecule has 5 unspecified atom stereocenters. The molecule has 4 fully saturated rings. The minimum Gasteiger partial charge on any atom is -0.387 e. The number of nitrogen functional groups attached to an aromatic ring is 3. The van der Waals surface area contributed by atoms with Crippen molar-refractivity contribution in [3.8, 4) is 0 Å². The van der Waals surface area contributed by atoms with Crippen molar-refractivity contribution in [2.75, 3.05) is 43.6 Å². The lowest BCUT2D eigenvalue weighted by Crippen LogP contribution is -2.38. The summed E-state index contributed by atoms with van der Waals surface area (Å²) in [5, 5.41) is 56.8. The van der Waals surface area contributed by atoms with Crippen LogP contribution in [0.4, 0.5) is 17.7 Å². The summed E-state index contributed by atoms with van der Waals surface area (Å²) < 4.78 is 148. The Morgan fingerprint density at radius 2 is 0.845 bits per heavy atom. The van der Waals surface area contributed by atoms with Crippen LogP contribution in [0.15, 0.2) is 56.8 Å². The Kier molecular flexibility index (Phi) is 20.0. The molecule has 4 aliphatic rings. The molecule has 7 aromatic rings. The smallest absolute Gasteiger partial charge is 0.387 e. The summed E-state index contributed by atoms with van der Waals surface area (Å²) in [4.78, 5) is 155. The zero-order chi connectivity index (χ0) is 70.4. The Labute approximate surface area is 532 Å². The maximum atomic E-state index is 14.2. The zero-order valence-corrected chi connectivity index (χ0v) is 53.0. The number of phosphoric acid groups is 6. The van der Waals surface area contributed by atoms with E-state index in [2.05, 4.69) is 58.0 Å². The lowest BCUT2D eigenvalue weighted by Gasteiger charge is -2.26. The van der Waals surface area contributed by atoms with Crippen LogP contribution in [-0.4, -0.2) is 228 Å². The lowest BCUT2D eigenvalue weighted by molar-refractivity contribution is -0.0640. The third-order valence-corrected chi connectivity index (χ3v) is 21.0. The van der Waals surface area contributed by atoms with E-state index in [1.54, 1.807) is 0 Å². The number of anilines is 3. The first-order chi connectivity index (χ1) is 45.3. The topological polar surface area (TPSA) is 769 Å². The van der Waals surface area contributed by atoms with Crippen LogP contribution in [0.5, 0.6) is 0 Å². The molecular weight excluding hydrogens is 1450 g/mol. The lowest BCUT2D eigenvalue weighted by atomic mass is 10.1. The van der Waals surface area contributed by atoms with E-state index in [4.69, 9.17) is 73.1 Å². The number of imidazole rings is 3. The van der Waals surface area contributed by atoms with E-state index < -0.39 is 222 Å². The second-order valence-electron chi connectivity index (χ2n) is 20.8. The monoisotopic (exact) mass is 1500 g/mol. The standard InChI is InChI=1S/C39H51N17O35P6/c40-27-16-28(44-7-43-27)54(8-45-16)34-21(60)24(12(84-34)4-80-95(73,74)89-26-14(6-82-96(75,76)91-97(77,78)90-92(66,67)68)86-36(23(26)62)56-10-47-18-30(56)50-38(42)52-32(18)64)88-94(71,72)81-5-13-25(22(61)35(85-13)55-9-46-17-29(55)49-37(41)51-31(17)63)87-93(69,70)79-3-11-19(58)20(59)33(83-11)53-2-1-15(57)48-39(53)65/h1-2,7-14,19-26,33-36,58-62H,3-6H2,(H,69,70)(H,71,72)(H,73,74)(H,75,76)(H,77,78)(H2,40,43,44)(H,48,57,65)(H2,66,67,68)(H3,41,49,51,63)(H3,42,50,52,64)/t11-,12-,13-,14-,19-,20-,21-,22-,23-,24-,25-,26-,33-,34-,35-,36-/m1/s1. The van der Waals surface area contributed by atoms with Crippen molar-refractivity contribution in [3.05, 3.63) is 79.1 Å². The molecule has 0 radical (unpaired) electrons. The molecule has 0 amide bonds. The highest BCUT2D eigenvalue weighted by molar-refractivity contribution is 7.66. The molecular formula is C39H51N17O35P6. The van der Waals surface area contributed by atoms with Crippen LogP contribution in [0.3, 0.4) is 0 Å². The molecule has 52 nitrogen and oxygen atoms in total. The molecule has 0 aromatic carbocycles. The number of aliphatic hydroxyl groups excluding tert-OH is 5. The molecule has 97 heavy (non-hydrogen) atoms. The van der Waals surface area contributed by atoms with Crippen LogP contribution in [0.2, 0.25) is 0 Å². The molecule has 11 heterocycles. The van der Waals surface area contributed by atoms with Crippen molar-refractivity contribution in [2.45, 2.75) is 98.2 Å². The maximum Gasteiger partial charge on any atom is 0.490 e.